The molecule has 3 heterocycles. The summed E-state index contributed by atoms with van der Waals surface area (Å²) in [6.45, 7) is 1.89. The number of thiazole rings is 1. The summed E-state index contributed by atoms with van der Waals surface area (Å²) in [5.74, 6) is 0.826. The van der Waals surface area contributed by atoms with Crippen molar-refractivity contribution in [3.05, 3.63) is 47.2 Å². The van der Waals surface area contributed by atoms with Crippen LogP contribution in [0.3, 0.4) is 0 Å². The van der Waals surface area contributed by atoms with E-state index in [2.05, 4.69) is 20.3 Å². The molecule has 0 atom stereocenters. The van der Waals surface area contributed by atoms with Gasteiger partial charge in [0.2, 0.25) is 11.8 Å². The largest absolute Gasteiger partial charge is 0.481 e. The van der Waals surface area contributed by atoms with E-state index in [0.29, 0.717) is 16.8 Å². The second kappa shape index (κ2) is 9.73. The molecule has 0 aliphatic carbocycles. The summed E-state index contributed by atoms with van der Waals surface area (Å²) in [6.07, 6.45) is 1.80. The predicted molar refractivity (Wildman–Crippen MR) is 129 cm³/mol. The number of rotatable bonds is 7. The molecule has 4 N–H and O–H groups in total. The zero-order valence-corrected chi connectivity index (χ0v) is 20.6. The minimum atomic E-state index is -4.16. The fourth-order valence-electron chi connectivity index (χ4n) is 3.75. The van der Waals surface area contributed by atoms with Gasteiger partial charge in [0.1, 0.15) is 10.6 Å². The number of anilines is 2. The van der Waals surface area contributed by atoms with E-state index in [1.165, 1.54) is 23.2 Å². The van der Waals surface area contributed by atoms with Gasteiger partial charge in [-0.2, -0.15) is 17.7 Å². The Hall–Kier alpha value is -3.33. The van der Waals surface area contributed by atoms with Crippen molar-refractivity contribution in [2.24, 2.45) is 0 Å². The third-order valence-electron chi connectivity index (χ3n) is 5.47. The number of hydrogen-bond donors (Lipinski definition) is 4. The van der Waals surface area contributed by atoms with Gasteiger partial charge >= 0.3 is 16.3 Å². The summed E-state index contributed by atoms with van der Waals surface area (Å²) >= 11 is 1.32. The summed E-state index contributed by atoms with van der Waals surface area (Å²) in [4.78, 5) is 24.4. The Morgan fingerprint density at radius 1 is 1.23 bits per heavy atom. The molecule has 1 amide bonds. The Morgan fingerprint density at radius 3 is 2.66 bits per heavy atom. The van der Waals surface area contributed by atoms with Gasteiger partial charge in [-0.3, -0.25) is 0 Å². The van der Waals surface area contributed by atoms with Crippen LogP contribution in [0, 0.1) is 6.92 Å². The van der Waals surface area contributed by atoms with Gasteiger partial charge in [0.15, 0.2) is 0 Å². The number of piperidine rings is 1. The van der Waals surface area contributed by atoms with Crippen molar-refractivity contribution >= 4 is 39.3 Å². The highest BCUT2D eigenvalue weighted by Crippen LogP contribution is 2.39. The van der Waals surface area contributed by atoms with Gasteiger partial charge < -0.3 is 20.3 Å². The average molecular weight is 521 g/mol. The standard InChI is InChI=1S/C21H24N6O6S2/c1-13-9-14(11-15(10-13)24-19-22-6-3-17(25-19)33-2)16-12-23-18(34-16)21(30)4-7-27(8-5-21)35(31,32)26-20(28)29/h3,6,9-12,26,30H,4-5,7-8H2,1-2H3,(H,28,29)(H,22,24,25). The number of amides is 1. The molecule has 2 aromatic heterocycles. The van der Waals surface area contributed by atoms with Crippen LogP contribution < -0.4 is 14.8 Å². The molecule has 35 heavy (non-hydrogen) atoms. The maximum absolute atomic E-state index is 12.1. The van der Waals surface area contributed by atoms with Crippen molar-refractivity contribution in [1.29, 1.82) is 0 Å². The lowest BCUT2D eigenvalue weighted by Crippen LogP contribution is -2.50. The Bertz CT molecular complexity index is 1340. The summed E-state index contributed by atoms with van der Waals surface area (Å²) in [6, 6.07) is 7.51. The molecule has 0 unspecified atom stereocenters. The fourth-order valence-corrected chi connectivity index (χ4v) is 5.81. The number of methoxy groups -OCH3 is 1. The van der Waals surface area contributed by atoms with Crippen LogP contribution in [0.5, 0.6) is 5.88 Å². The molecule has 0 spiro atoms. The van der Waals surface area contributed by atoms with E-state index < -0.39 is 21.9 Å². The lowest BCUT2D eigenvalue weighted by molar-refractivity contribution is -0.00991. The molecule has 4 rings (SSSR count). The minimum Gasteiger partial charge on any atom is -0.481 e. The van der Waals surface area contributed by atoms with Crippen LogP contribution in [-0.2, 0) is 15.8 Å². The Morgan fingerprint density at radius 2 is 1.97 bits per heavy atom. The number of aryl methyl sites for hydroxylation is 1. The molecule has 1 saturated heterocycles. The molecule has 1 aliphatic heterocycles. The molecular formula is C21H24N6O6S2. The van der Waals surface area contributed by atoms with Crippen LogP contribution >= 0.6 is 11.3 Å². The number of carboxylic acid groups (broad SMARTS) is 1. The van der Waals surface area contributed by atoms with Crippen LogP contribution in [0.15, 0.2) is 36.7 Å². The molecule has 12 nitrogen and oxygen atoms in total. The van der Waals surface area contributed by atoms with Crippen LogP contribution in [0.4, 0.5) is 16.4 Å². The molecule has 1 fully saturated rings. The van der Waals surface area contributed by atoms with Crippen LogP contribution in [-0.4, -0.2) is 64.2 Å². The minimum absolute atomic E-state index is 0.0346. The van der Waals surface area contributed by atoms with Crippen molar-refractivity contribution in [2.75, 3.05) is 25.5 Å². The first-order valence-corrected chi connectivity index (χ1v) is 12.8. The molecule has 0 saturated carbocycles. The van der Waals surface area contributed by atoms with Gasteiger partial charge in [0.05, 0.1) is 12.0 Å². The topological polar surface area (TPSA) is 167 Å². The number of aromatic nitrogens is 3. The molecule has 186 valence electrons. The van der Waals surface area contributed by atoms with Gasteiger partial charge in [-0.15, -0.1) is 11.3 Å². The quantitative estimate of drug-likeness (QED) is 0.363. The molecule has 0 bridgehead atoms. The lowest BCUT2D eigenvalue weighted by atomic mass is 9.93. The second-order valence-electron chi connectivity index (χ2n) is 8.01. The van der Waals surface area contributed by atoms with Crippen molar-refractivity contribution in [2.45, 2.75) is 25.4 Å². The molecule has 1 aromatic carbocycles. The van der Waals surface area contributed by atoms with Crippen molar-refractivity contribution in [1.82, 2.24) is 24.0 Å². The van der Waals surface area contributed by atoms with E-state index in [-0.39, 0.29) is 25.9 Å². The Balaban J connectivity index is 1.51. The smallest absolute Gasteiger partial charge is 0.419 e. The molecule has 3 aromatic rings. The summed E-state index contributed by atoms with van der Waals surface area (Å²) in [5.41, 5.74) is 1.34. The van der Waals surface area contributed by atoms with E-state index in [1.54, 1.807) is 18.5 Å². The number of benzene rings is 1. The third kappa shape index (κ3) is 5.67. The second-order valence-corrected chi connectivity index (χ2v) is 10.7. The first-order valence-electron chi connectivity index (χ1n) is 10.5. The van der Waals surface area contributed by atoms with Gasteiger partial charge in [-0.05, 0) is 43.0 Å². The van der Waals surface area contributed by atoms with Crippen molar-refractivity contribution < 1.29 is 28.2 Å². The number of nitrogens with zero attached hydrogens (tertiary/aromatic N) is 4. The molecular weight excluding hydrogens is 496 g/mol. The summed E-state index contributed by atoms with van der Waals surface area (Å²) in [5, 5.41) is 23.5. The highest BCUT2D eigenvalue weighted by molar-refractivity contribution is 7.87. The highest BCUT2D eigenvalue weighted by Gasteiger charge is 2.40. The lowest BCUT2D eigenvalue weighted by Gasteiger charge is -2.35. The number of nitrogens with one attached hydrogen (secondary N) is 2. The van der Waals surface area contributed by atoms with E-state index >= 15 is 0 Å². The van der Waals surface area contributed by atoms with Gasteiger partial charge in [-0.1, -0.05) is 6.07 Å². The zero-order chi connectivity index (χ0) is 25.2. The number of ether oxygens (including phenoxy) is 1. The predicted octanol–water partition coefficient (Wildman–Crippen LogP) is 2.46. The highest BCUT2D eigenvalue weighted by atomic mass is 32.2. The fraction of sp³-hybridized carbons (Fsp3) is 0.333. The van der Waals surface area contributed by atoms with E-state index in [4.69, 9.17) is 9.84 Å². The van der Waals surface area contributed by atoms with E-state index in [1.807, 2.05) is 25.1 Å². The molecule has 14 heteroatoms. The summed E-state index contributed by atoms with van der Waals surface area (Å²) < 4.78 is 31.8. The Labute approximate surface area is 205 Å². The average Bonchev–Trinajstić information content (AvgIpc) is 3.30. The van der Waals surface area contributed by atoms with Crippen LogP contribution in [0.2, 0.25) is 0 Å². The number of carbonyl (C=O) groups is 1. The van der Waals surface area contributed by atoms with Crippen LogP contribution in [0.1, 0.15) is 23.4 Å². The summed E-state index contributed by atoms with van der Waals surface area (Å²) in [7, 11) is -2.63. The molecule has 1 aliphatic rings. The monoisotopic (exact) mass is 520 g/mol. The number of hydrogen-bond acceptors (Lipinski definition) is 10. The first-order chi connectivity index (χ1) is 16.6. The number of aliphatic hydroxyl groups is 1. The van der Waals surface area contributed by atoms with Gasteiger partial charge in [0.25, 0.3) is 0 Å². The third-order valence-corrected chi connectivity index (χ3v) is 8.18. The zero-order valence-electron chi connectivity index (χ0n) is 18.9. The first kappa shape index (κ1) is 24.8. The maximum Gasteiger partial charge on any atom is 0.419 e. The SMILES string of the molecule is COc1ccnc(Nc2cc(C)cc(-c3cnc(C4(O)CCN(S(=O)(=O)NC(=O)O)CC4)s3)c2)n1. The van der Waals surface area contributed by atoms with Gasteiger partial charge in [-0.25, -0.2) is 19.5 Å². The maximum atomic E-state index is 12.1. The normalized spacial score (nSPS) is 16.0. The van der Waals surface area contributed by atoms with Crippen molar-refractivity contribution in [3.8, 4) is 16.3 Å². The van der Waals surface area contributed by atoms with Crippen molar-refractivity contribution in [3.63, 3.8) is 0 Å². The van der Waals surface area contributed by atoms with Crippen LogP contribution in [0.25, 0.3) is 10.4 Å². The van der Waals surface area contributed by atoms with Gasteiger partial charge in [0, 0.05) is 37.2 Å². The molecule has 0 radical (unpaired) electrons. The van der Waals surface area contributed by atoms with E-state index in [9.17, 15) is 18.3 Å². The van der Waals surface area contributed by atoms with E-state index in [0.717, 1.165) is 26.0 Å². The Kier molecular flexibility index (Phi) is 6.89.